The van der Waals surface area contributed by atoms with E-state index in [1.165, 1.54) is 32.8 Å². The van der Waals surface area contributed by atoms with E-state index in [1.807, 2.05) is 0 Å². The number of nitrogens with one attached hydrogen (secondary N) is 2. The summed E-state index contributed by atoms with van der Waals surface area (Å²) in [6.07, 6.45) is 3.25. The number of hydrogen-bond acceptors (Lipinski definition) is 9. The van der Waals surface area contributed by atoms with E-state index in [4.69, 9.17) is 14.2 Å². The maximum Gasteiger partial charge on any atom is 0.405 e. The zero-order chi connectivity index (χ0) is 40.3. The van der Waals surface area contributed by atoms with Crippen LogP contribution in [0.1, 0.15) is 79.9 Å². The predicted molar refractivity (Wildman–Crippen MR) is 201 cm³/mol. The Kier molecular flexibility index (Phi) is 10.7. The van der Waals surface area contributed by atoms with Crippen molar-refractivity contribution in [3.05, 3.63) is 41.5 Å². The second-order valence-electron chi connectivity index (χ2n) is 17.7. The van der Waals surface area contributed by atoms with E-state index in [0.717, 1.165) is 25.7 Å². The first-order valence-corrected chi connectivity index (χ1v) is 21.0. The molecule has 6 heterocycles. The molecule has 1 unspecified atom stereocenters. The maximum absolute atomic E-state index is 16.4. The highest BCUT2D eigenvalue weighted by Crippen LogP contribution is 2.52. The van der Waals surface area contributed by atoms with E-state index in [1.54, 1.807) is 13.1 Å². The molecule has 58 heavy (non-hydrogen) atoms. The molecule has 3 atom stereocenters. The van der Waals surface area contributed by atoms with Gasteiger partial charge >= 0.3 is 6.18 Å². The molecule has 2 saturated carbocycles. The molecule has 0 radical (unpaired) electrons. The van der Waals surface area contributed by atoms with Crippen LogP contribution in [0.2, 0.25) is 0 Å². The van der Waals surface area contributed by atoms with Crippen LogP contribution < -0.4 is 15.4 Å². The molecule has 9 rings (SSSR count). The van der Waals surface area contributed by atoms with Crippen molar-refractivity contribution >= 4 is 23.4 Å². The van der Waals surface area contributed by atoms with E-state index in [2.05, 4.69) is 20.6 Å². The molecule has 2 N–H and O–H groups in total. The normalized spacial score (nSPS) is 26.6. The number of rotatable bonds is 11. The van der Waals surface area contributed by atoms with Crippen LogP contribution in [0.3, 0.4) is 0 Å². The molecule has 13 nitrogen and oxygen atoms in total. The monoisotopic (exact) mass is 815 g/mol. The third-order valence-corrected chi connectivity index (χ3v) is 13.9. The number of fused-ring (bicyclic) bond motifs is 1. The lowest BCUT2D eigenvalue weighted by molar-refractivity contribution is -0.205. The Bertz CT molecular complexity index is 1860. The minimum Gasteiger partial charge on any atom is -0.487 e. The number of carbonyl (C=O) groups excluding carboxylic acids is 3. The molecule has 1 spiro atoms. The van der Waals surface area contributed by atoms with Gasteiger partial charge in [0.15, 0.2) is 0 Å². The Labute approximate surface area is 335 Å². The highest BCUT2D eigenvalue weighted by atomic mass is 19.4. The van der Waals surface area contributed by atoms with E-state index >= 15 is 4.39 Å². The Hall–Kier alpha value is -3.80. The van der Waals surface area contributed by atoms with Crippen molar-refractivity contribution in [3.63, 3.8) is 0 Å². The van der Waals surface area contributed by atoms with Crippen LogP contribution in [0.4, 0.5) is 23.2 Å². The summed E-state index contributed by atoms with van der Waals surface area (Å²) in [5.74, 6) is -1.64. The smallest absolute Gasteiger partial charge is 0.405 e. The molecule has 1 aromatic carbocycles. The second kappa shape index (κ2) is 15.7. The van der Waals surface area contributed by atoms with E-state index < -0.39 is 66.5 Å². The number of benzene rings is 1. The average molecular weight is 816 g/mol. The quantitative estimate of drug-likeness (QED) is 0.320. The molecule has 2 aliphatic carbocycles. The number of aryl methyl sites for hydroxylation is 1. The lowest BCUT2D eigenvalue weighted by Crippen LogP contribution is -2.64. The van der Waals surface area contributed by atoms with Gasteiger partial charge in [-0.1, -0.05) is 0 Å². The van der Waals surface area contributed by atoms with Crippen LogP contribution in [-0.2, 0) is 26.1 Å². The van der Waals surface area contributed by atoms with Gasteiger partial charge in [-0.15, -0.1) is 0 Å². The third-order valence-electron chi connectivity index (χ3n) is 13.9. The van der Waals surface area contributed by atoms with Crippen LogP contribution >= 0.6 is 0 Å². The first-order valence-electron chi connectivity index (χ1n) is 21.0. The molecule has 7 aliphatic rings. The summed E-state index contributed by atoms with van der Waals surface area (Å²) in [5.41, 5.74) is -0.434. The Morgan fingerprint density at radius 1 is 1.02 bits per heavy atom. The number of alkyl halides is 3. The second-order valence-corrected chi connectivity index (χ2v) is 17.7. The summed E-state index contributed by atoms with van der Waals surface area (Å²) in [5, 5.41) is 9.82. The summed E-state index contributed by atoms with van der Waals surface area (Å²) in [6, 6.07) is 0.770. The number of amides is 3. The van der Waals surface area contributed by atoms with Gasteiger partial charge in [-0.2, -0.15) is 18.3 Å². The summed E-state index contributed by atoms with van der Waals surface area (Å²) in [6.45, 7) is 2.74. The summed E-state index contributed by atoms with van der Waals surface area (Å²) in [7, 11) is 1.64. The molecule has 3 amide bonds. The number of anilines is 1. The number of carbonyl (C=O) groups is 3. The van der Waals surface area contributed by atoms with Crippen molar-refractivity contribution in [1.29, 1.82) is 0 Å². The molecular formula is C41H53F4N7O6. The lowest BCUT2D eigenvalue weighted by Gasteiger charge is -2.52. The molecule has 2 aromatic rings. The number of hydrogen-bond donors (Lipinski definition) is 2. The fraction of sp³-hybridized carbons (Fsp3) is 0.707. The number of aromatic nitrogens is 2. The minimum atomic E-state index is -4.60. The van der Waals surface area contributed by atoms with Crippen molar-refractivity contribution in [2.45, 2.75) is 93.7 Å². The zero-order valence-electron chi connectivity index (χ0n) is 32.9. The zero-order valence-corrected chi connectivity index (χ0v) is 32.9. The molecule has 316 valence electrons. The number of nitrogens with zero attached hydrogens (tertiary/aromatic N) is 5. The Morgan fingerprint density at radius 2 is 1.72 bits per heavy atom. The maximum atomic E-state index is 16.4. The third kappa shape index (κ3) is 8.07. The standard InChI is InChI=1S/C41H53F4N7O6/c1-49-31(6-11-46-49)38(54)48-37(36(25-2-3-25)26-4-5-26)39(55)47-30-17-33-28(16-29(30)42)32(18-40(58-33)9-12-50(13-10-40)27-22-57-23-27)52-20-34(41(43,44)45)51(21-35(52)53)19-24-7-14-56-15-8-24/h6,11,16-17,24-27,32,34,36-37H,2-5,7-10,12-15,18-23H2,1H3,(H,47,55)(H,48,54)/t32?,34-,37-/m0/s1. The van der Waals surface area contributed by atoms with Crippen molar-refractivity contribution < 1.29 is 46.2 Å². The van der Waals surface area contributed by atoms with Gasteiger partial charge in [0.05, 0.1) is 37.5 Å². The molecular weight excluding hydrogens is 762 g/mol. The summed E-state index contributed by atoms with van der Waals surface area (Å²) in [4.78, 5) is 46.7. The molecule has 6 fully saturated rings. The highest BCUT2D eigenvalue weighted by Gasteiger charge is 2.54. The minimum absolute atomic E-state index is 0.00842. The highest BCUT2D eigenvalue weighted by molar-refractivity contribution is 6.01. The molecule has 1 aromatic heterocycles. The van der Waals surface area contributed by atoms with Crippen molar-refractivity contribution in [2.24, 2.45) is 30.7 Å². The van der Waals surface area contributed by atoms with Gasteiger partial charge in [-0.3, -0.25) is 28.9 Å². The number of halogens is 4. The van der Waals surface area contributed by atoms with Crippen LogP contribution in [0.15, 0.2) is 24.4 Å². The number of ether oxygens (including phenoxy) is 3. The number of piperidine rings is 1. The average Bonchev–Trinajstić information content (AvgIpc) is 4.11. The van der Waals surface area contributed by atoms with Crippen molar-refractivity contribution in [1.82, 2.24) is 29.8 Å². The van der Waals surface area contributed by atoms with Crippen LogP contribution in [0.5, 0.6) is 5.75 Å². The van der Waals surface area contributed by atoms with Crippen molar-refractivity contribution in [3.8, 4) is 5.75 Å². The summed E-state index contributed by atoms with van der Waals surface area (Å²) >= 11 is 0. The molecule has 4 saturated heterocycles. The van der Waals surface area contributed by atoms with Crippen molar-refractivity contribution in [2.75, 3.05) is 64.5 Å². The van der Waals surface area contributed by atoms with Gasteiger partial charge in [-0.25, -0.2) is 4.39 Å². The predicted octanol–water partition coefficient (Wildman–Crippen LogP) is 4.29. The number of likely N-dealkylation sites (tertiary alicyclic amines) is 1. The number of piperazine rings is 1. The molecule has 17 heteroatoms. The van der Waals surface area contributed by atoms with Gasteiger partial charge in [0.25, 0.3) is 5.91 Å². The molecule has 0 bridgehead atoms. The van der Waals surface area contributed by atoms with Gasteiger partial charge in [0, 0.05) is 70.7 Å². The van der Waals surface area contributed by atoms with E-state index in [-0.39, 0.29) is 59.3 Å². The van der Waals surface area contributed by atoms with Gasteiger partial charge in [0.2, 0.25) is 11.8 Å². The topological polar surface area (TPSA) is 130 Å². The largest absolute Gasteiger partial charge is 0.487 e. The van der Waals surface area contributed by atoms with Crippen LogP contribution in [-0.4, -0.2) is 131 Å². The van der Waals surface area contributed by atoms with Gasteiger partial charge in [-0.05, 0) is 87.2 Å². The summed E-state index contributed by atoms with van der Waals surface area (Å²) < 4.78 is 80.2. The van der Waals surface area contributed by atoms with E-state index in [0.29, 0.717) is 71.2 Å². The van der Waals surface area contributed by atoms with Crippen LogP contribution in [0, 0.1) is 29.5 Å². The first kappa shape index (κ1) is 39.6. The van der Waals surface area contributed by atoms with Crippen LogP contribution in [0.25, 0.3) is 0 Å². The SMILES string of the molecule is Cn1nccc1C(=O)N[C@H](C(=O)Nc1cc2c(cc1F)C(N1C[C@@H](C(F)(F)F)N(CC3CCOCC3)CC1=O)CC1(CCN(C3COC3)CC1)O2)C(C1CC1)C1CC1. The Morgan fingerprint density at radius 3 is 2.33 bits per heavy atom. The fourth-order valence-corrected chi connectivity index (χ4v) is 10.2. The lowest BCUT2D eigenvalue weighted by atomic mass is 9.79. The van der Waals surface area contributed by atoms with Gasteiger partial charge in [0.1, 0.15) is 34.9 Å². The first-order chi connectivity index (χ1) is 27.9. The van der Waals surface area contributed by atoms with Gasteiger partial charge < -0.3 is 29.7 Å². The Balaban J connectivity index is 1.01. The van der Waals surface area contributed by atoms with E-state index in [9.17, 15) is 27.6 Å². The fourth-order valence-electron chi connectivity index (χ4n) is 10.2. The molecule has 5 aliphatic heterocycles.